The van der Waals surface area contributed by atoms with Crippen LogP contribution in [0.15, 0.2) is 0 Å². The lowest BCUT2D eigenvalue weighted by atomic mass is 10.5. The van der Waals surface area contributed by atoms with Crippen molar-refractivity contribution in [3.63, 3.8) is 0 Å². The van der Waals surface area contributed by atoms with Gasteiger partial charge in [-0.3, -0.25) is 0 Å². The molecule has 0 saturated carbocycles. The number of rotatable bonds is 6. The first-order valence-corrected chi connectivity index (χ1v) is 7.71. The van der Waals surface area contributed by atoms with E-state index >= 15 is 0 Å². The van der Waals surface area contributed by atoms with Crippen LogP contribution >= 0.6 is 34.8 Å². The van der Waals surface area contributed by atoms with Gasteiger partial charge in [-0.25, -0.2) is 0 Å². The fourth-order valence-corrected chi connectivity index (χ4v) is 6.87. The molecule has 0 nitrogen and oxygen atoms in total. The van der Waals surface area contributed by atoms with Gasteiger partial charge >= 0.3 is 4.55 Å². The highest BCUT2D eigenvalue weighted by Crippen LogP contribution is 2.36. The summed E-state index contributed by atoms with van der Waals surface area (Å²) in [6.45, 7) is 13.7. The summed E-state index contributed by atoms with van der Waals surface area (Å²) in [7, 11) is 0. The minimum atomic E-state index is 0.708. The second kappa shape index (κ2) is 7.41. The van der Waals surface area contributed by atoms with E-state index in [9.17, 15) is 0 Å². The van der Waals surface area contributed by atoms with Gasteiger partial charge in [0.1, 0.15) is 0 Å². The monoisotopic (exact) mass is 236 g/mol. The molecular weight excluding hydrogens is 215 g/mol. The molecule has 4 heteroatoms. The highest BCUT2D eigenvalue weighted by Gasteiger charge is 2.20. The largest absolute Gasteiger partial charge is 0.342 e. The van der Waals surface area contributed by atoms with Gasteiger partial charge in [0.05, 0.1) is 0 Å². The predicted molar refractivity (Wildman–Crippen MR) is 73.9 cm³/mol. The van der Waals surface area contributed by atoms with E-state index in [1.54, 1.807) is 0 Å². The summed E-state index contributed by atoms with van der Waals surface area (Å²) in [4.78, 5) is 0. The molecule has 0 spiro atoms. The first-order chi connectivity index (χ1) is 5.91. The van der Waals surface area contributed by atoms with Crippen molar-refractivity contribution in [2.24, 2.45) is 0 Å². The van der Waals surface area contributed by atoms with Crippen LogP contribution in [-0.4, -0.2) is 20.3 Å². The topological polar surface area (TPSA) is 0 Å². The first kappa shape index (κ1) is 14.1. The van der Waals surface area contributed by atoms with Crippen molar-refractivity contribution in [1.82, 2.24) is 0 Å². The SMILES string of the molecule is CC(C)SB(SC(C)C)SC(C)C. The normalized spacial score (nSPS) is 11.8. The van der Waals surface area contributed by atoms with Crippen LogP contribution in [0.2, 0.25) is 0 Å². The van der Waals surface area contributed by atoms with Gasteiger partial charge in [-0.15, -0.1) is 0 Å². The Morgan fingerprint density at radius 3 is 1.00 bits per heavy atom. The molecule has 0 amide bonds. The molecule has 0 fully saturated rings. The number of hydrogen-bond acceptors (Lipinski definition) is 3. The van der Waals surface area contributed by atoms with E-state index in [2.05, 4.69) is 76.4 Å². The first-order valence-electron chi connectivity index (χ1n) is 4.88. The van der Waals surface area contributed by atoms with Crippen LogP contribution < -0.4 is 0 Å². The maximum atomic E-state index is 2.28. The zero-order valence-electron chi connectivity index (χ0n) is 9.53. The molecule has 0 rings (SSSR count). The maximum Gasteiger partial charge on any atom is 0.342 e. The summed E-state index contributed by atoms with van der Waals surface area (Å²) in [5.74, 6) is 0. The van der Waals surface area contributed by atoms with Gasteiger partial charge in [0, 0.05) is 0 Å². The van der Waals surface area contributed by atoms with Gasteiger partial charge in [-0.1, -0.05) is 41.5 Å². The number of hydrogen-bond donors (Lipinski definition) is 0. The van der Waals surface area contributed by atoms with Crippen molar-refractivity contribution in [2.45, 2.75) is 57.3 Å². The van der Waals surface area contributed by atoms with Gasteiger partial charge < -0.3 is 0 Å². The third kappa shape index (κ3) is 9.42. The van der Waals surface area contributed by atoms with E-state index in [1.165, 1.54) is 0 Å². The highest BCUT2D eigenvalue weighted by molar-refractivity contribution is 8.77. The van der Waals surface area contributed by atoms with Crippen molar-refractivity contribution in [1.29, 1.82) is 0 Å². The third-order valence-corrected chi connectivity index (χ3v) is 5.45. The second-order valence-electron chi connectivity index (χ2n) is 3.84. The van der Waals surface area contributed by atoms with Crippen molar-refractivity contribution in [2.75, 3.05) is 0 Å². The van der Waals surface area contributed by atoms with Crippen LogP contribution in [-0.2, 0) is 0 Å². The van der Waals surface area contributed by atoms with E-state index in [-0.39, 0.29) is 0 Å². The van der Waals surface area contributed by atoms with Crippen LogP contribution in [0.4, 0.5) is 0 Å². The fraction of sp³-hybridized carbons (Fsp3) is 1.00. The Hall–Kier alpha value is 1.11. The van der Waals surface area contributed by atoms with E-state index < -0.39 is 0 Å². The van der Waals surface area contributed by atoms with Crippen molar-refractivity contribution < 1.29 is 0 Å². The third-order valence-electron chi connectivity index (χ3n) is 1.15. The summed E-state index contributed by atoms with van der Waals surface area (Å²) < 4.78 is 0.708. The maximum absolute atomic E-state index is 2.28. The van der Waals surface area contributed by atoms with Crippen LogP contribution in [0.5, 0.6) is 0 Å². The zero-order chi connectivity index (χ0) is 10.4. The van der Waals surface area contributed by atoms with E-state index in [4.69, 9.17) is 0 Å². The molecule has 0 atom stereocenters. The summed E-state index contributed by atoms with van der Waals surface area (Å²) in [6.07, 6.45) is 0. The fourth-order valence-electron chi connectivity index (χ4n) is 0.763. The molecule has 0 bridgehead atoms. The Morgan fingerprint density at radius 1 is 0.615 bits per heavy atom. The smallest absolute Gasteiger partial charge is 0.181 e. The average molecular weight is 236 g/mol. The highest BCUT2D eigenvalue weighted by atomic mass is 32.3. The quantitative estimate of drug-likeness (QED) is 0.627. The van der Waals surface area contributed by atoms with E-state index in [1.807, 2.05) is 0 Å². The molecule has 0 unspecified atom stereocenters. The molecule has 0 radical (unpaired) electrons. The summed E-state index contributed by atoms with van der Waals surface area (Å²) in [6, 6.07) is 0. The Kier molecular flexibility index (Phi) is 8.05. The standard InChI is InChI=1S/C9H21BS3/c1-7(2)11-10(12-8(3)4)13-9(5)6/h7-9H,1-6H3. The van der Waals surface area contributed by atoms with Gasteiger partial charge in [0.2, 0.25) is 0 Å². The van der Waals surface area contributed by atoms with Crippen molar-refractivity contribution in [3.8, 4) is 0 Å². The molecule has 0 aliphatic rings. The lowest BCUT2D eigenvalue weighted by molar-refractivity contribution is 1.12. The molecule has 0 aromatic carbocycles. The Balaban J connectivity index is 3.87. The van der Waals surface area contributed by atoms with Crippen LogP contribution in [0.3, 0.4) is 0 Å². The average Bonchev–Trinajstić information content (AvgIpc) is 1.80. The molecule has 0 aliphatic heterocycles. The van der Waals surface area contributed by atoms with Crippen molar-refractivity contribution >= 4 is 39.4 Å². The van der Waals surface area contributed by atoms with Gasteiger partial charge in [-0.2, -0.15) is 34.8 Å². The van der Waals surface area contributed by atoms with Gasteiger partial charge in [0.15, 0.2) is 0 Å². The van der Waals surface area contributed by atoms with E-state index in [0.717, 1.165) is 15.7 Å². The zero-order valence-corrected chi connectivity index (χ0v) is 12.0. The molecule has 0 heterocycles. The summed E-state index contributed by atoms with van der Waals surface area (Å²) >= 11 is 6.25. The minimum Gasteiger partial charge on any atom is -0.181 e. The van der Waals surface area contributed by atoms with E-state index in [0.29, 0.717) is 4.55 Å². The van der Waals surface area contributed by atoms with Crippen LogP contribution in [0.25, 0.3) is 0 Å². The Labute approximate surface area is 96.5 Å². The summed E-state index contributed by atoms with van der Waals surface area (Å²) in [5.41, 5.74) is 0. The Morgan fingerprint density at radius 2 is 0.846 bits per heavy atom. The lowest BCUT2D eigenvalue weighted by Gasteiger charge is -2.18. The molecule has 0 aromatic heterocycles. The molecule has 0 N–H and O–H groups in total. The minimum absolute atomic E-state index is 0.708. The van der Waals surface area contributed by atoms with Crippen LogP contribution in [0.1, 0.15) is 41.5 Å². The molecule has 0 saturated heterocycles. The molecule has 0 aromatic rings. The Bertz CT molecular complexity index is 102. The molecule has 78 valence electrons. The van der Waals surface area contributed by atoms with Gasteiger partial charge in [0.25, 0.3) is 0 Å². The molecular formula is C9H21BS3. The second-order valence-corrected chi connectivity index (χ2v) is 9.80. The van der Waals surface area contributed by atoms with Gasteiger partial charge in [-0.05, 0) is 15.7 Å². The van der Waals surface area contributed by atoms with Crippen molar-refractivity contribution in [3.05, 3.63) is 0 Å². The molecule has 0 aliphatic carbocycles. The lowest BCUT2D eigenvalue weighted by Crippen LogP contribution is -2.10. The van der Waals surface area contributed by atoms with Crippen LogP contribution in [0, 0.1) is 0 Å². The summed E-state index contributed by atoms with van der Waals surface area (Å²) in [5, 5.41) is 2.22. The molecule has 13 heavy (non-hydrogen) atoms. The predicted octanol–water partition coefficient (Wildman–Crippen LogP) is 4.40.